The predicted molar refractivity (Wildman–Crippen MR) is 82.4 cm³/mol. The van der Waals surface area contributed by atoms with E-state index in [2.05, 4.69) is 10.3 Å². The van der Waals surface area contributed by atoms with Crippen LogP contribution in [0.15, 0.2) is 34.9 Å². The minimum absolute atomic E-state index is 0.0182. The lowest BCUT2D eigenvalue weighted by atomic mass is 9.98. The Labute approximate surface area is 129 Å². The number of carbonyl (C=O) groups excluding carboxylic acids is 1. The van der Waals surface area contributed by atoms with Gasteiger partial charge in [0.15, 0.2) is 5.76 Å². The summed E-state index contributed by atoms with van der Waals surface area (Å²) in [6, 6.07) is 7.18. The topological polar surface area (TPSA) is 75.4 Å². The third-order valence-electron chi connectivity index (χ3n) is 4.35. The van der Waals surface area contributed by atoms with E-state index in [9.17, 15) is 9.90 Å². The van der Waals surface area contributed by atoms with Gasteiger partial charge < -0.3 is 14.8 Å². The minimum Gasteiger partial charge on any atom is -0.463 e. The zero-order valence-corrected chi connectivity index (χ0v) is 12.6. The van der Waals surface area contributed by atoms with Gasteiger partial charge in [-0.3, -0.25) is 4.79 Å². The maximum Gasteiger partial charge on any atom is 0.253 e. The van der Waals surface area contributed by atoms with Crippen molar-refractivity contribution in [2.24, 2.45) is 0 Å². The molecule has 0 saturated heterocycles. The van der Waals surface area contributed by atoms with Crippen molar-refractivity contribution < 1.29 is 14.3 Å². The molecule has 0 atom stereocenters. The Balaban J connectivity index is 1.81. The number of pyridine rings is 1. The first-order valence-corrected chi connectivity index (χ1v) is 7.58. The number of hydrogen-bond acceptors (Lipinski definition) is 4. The number of carbonyl (C=O) groups is 1. The molecule has 1 aliphatic rings. The van der Waals surface area contributed by atoms with Crippen molar-refractivity contribution in [2.45, 2.75) is 38.1 Å². The van der Waals surface area contributed by atoms with Gasteiger partial charge in [0.1, 0.15) is 5.69 Å². The normalized spacial score (nSPS) is 16.6. The SMILES string of the molecule is Cc1nc(-c2ccco2)ccc1C(=O)NC1(CO)CCCC1. The first-order valence-electron chi connectivity index (χ1n) is 7.58. The second-order valence-corrected chi connectivity index (χ2v) is 5.91. The van der Waals surface area contributed by atoms with Gasteiger partial charge >= 0.3 is 0 Å². The van der Waals surface area contributed by atoms with Crippen molar-refractivity contribution in [3.63, 3.8) is 0 Å². The molecule has 0 aliphatic heterocycles. The van der Waals surface area contributed by atoms with Crippen molar-refractivity contribution in [1.29, 1.82) is 0 Å². The van der Waals surface area contributed by atoms with E-state index in [4.69, 9.17) is 4.42 Å². The molecule has 22 heavy (non-hydrogen) atoms. The highest BCUT2D eigenvalue weighted by Gasteiger charge is 2.35. The highest BCUT2D eigenvalue weighted by molar-refractivity contribution is 5.96. The largest absolute Gasteiger partial charge is 0.463 e. The molecule has 0 spiro atoms. The molecule has 0 bridgehead atoms. The Morgan fingerprint density at radius 3 is 2.73 bits per heavy atom. The summed E-state index contributed by atoms with van der Waals surface area (Å²) >= 11 is 0. The fourth-order valence-electron chi connectivity index (χ4n) is 3.05. The lowest BCUT2D eigenvalue weighted by Gasteiger charge is -2.28. The van der Waals surface area contributed by atoms with Crippen LogP contribution in [0.3, 0.4) is 0 Å². The molecule has 5 nitrogen and oxygen atoms in total. The van der Waals surface area contributed by atoms with Crippen molar-refractivity contribution >= 4 is 5.91 Å². The summed E-state index contributed by atoms with van der Waals surface area (Å²) in [5, 5.41) is 12.6. The van der Waals surface area contributed by atoms with Gasteiger partial charge in [-0.2, -0.15) is 0 Å². The quantitative estimate of drug-likeness (QED) is 0.910. The number of aliphatic hydroxyl groups excluding tert-OH is 1. The van der Waals surface area contributed by atoms with Crippen LogP contribution in [0.2, 0.25) is 0 Å². The maximum absolute atomic E-state index is 12.5. The summed E-state index contributed by atoms with van der Waals surface area (Å²) in [5.41, 5.74) is 1.42. The second kappa shape index (κ2) is 5.93. The number of nitrogens with one attached hydrogen (secondary N) is 1. The van der Waals surface area contributed by atoms with Gasteiger partial charge in [0.2, 0.25) is 0 Å². The molecule has 1 aliphatic carbocycles. The van der Waals surface area contributed by atoms with Crippen LogP contribution >= 0.6 is 0 Å². The Bertz CT molecular complexity index is 659. The zero-order chi connectivity index (χ0) is 15.6. The number of aliphatic hydroxyl groups is 1. The molecule has 1 amide bonds. The van der Waals surface area contributed by atoms with Crippen LogP contribution in [-0.2, 0) is 0 Å². The third-order valence-corrected chi connectivity index (χ3v) is 4.35. The van der Waals surface area contributed by atoms with Gasteiger partial charge in [0.25, 0.3) is 5.91 Å². The molecule has 0 aromatic carbocycles. The van der Waals surface area contributed by atoms with Crippen LogP contribution in [0.1, 0.15) is 41.7 Å². The fourth-order valence-corrected chi connectivity index (χ4v) is 3.05. The highest BCUT2D eigenvalue weighted by atomic mass is 16.3. The van der Waals surface area contributed by atoms with E-state index < -0.39 is 5.54 Å². The Kier molecular flexibility index (Phi) is 3.98. The molecular weight excluding hydrogens is 280 g/mol. The van der Waals surface area contributed by atoms with Gasteiger partial charge in [-0.1, -0.05) is 12.8 Å². The Morgan fingerprint density at radius 2 is 2.14 bits per heavy atom. The van der Waals surface area contributed by atoms with E-state index in [0.29, 0.717) is 22.7 Å². The van der Waals surface area contributed by atoms with E-state index in [1.165, 1.54) is 0 Å². The molecule has 116 valence electrons. The minimum atomic E-state index is -0.469. The summed E-state index contributed by atoms with van der Waals surface area (Å²) in [4.78, 5) is 16.9. The predicted octanol–water partition coefficient (Wildman–Crippen LogP) is 2.68. The first-order chi connectivity index (χ1) is 10.6. The van der Waals surface area contributed by atoms with Crippen molar-refractivity contribution in [2.75, 3.05) is 6.61 Å². The Hall–Kier alpha value is -2.14. The van der Waals surface area contributed by atoms with Gasteiger partial charge in [0.05, 0.1) is 29.7 Å². The average Bonchev–Trinajstić information content (AvgIpc) is 3.19. The molecule has 1 saturated carbocycles. The number of hydrogen-bond donors (Lipinski definition) is 2. The molecule has 2 aromatic heterocycles. The highest BCUT2D eigenvalue weighted by Crippen LogP contribution is 2.29. The van der Waals surface area contributed by atoms with Crippen LogP contribution in [-0.4, -0.2) is 28.1 Å². The number of amides is 1. The van der Waals surface area contributed by atoms with Gasteiger partial charge in [-0.15, -0.1) is 0 Å². The van der Waals surface area contributed by atoms with Crippen LogP contribution < -0.4 is 5.32 Å². The summed E-state index contributed by atoms with van der Waals surface area (Å²) in [5.74, 6) is 0.504. The van der Waals surface area contributed by atoms with E-state index >= 15 is 0 Å². The number of furan rings is 1. The van der Waals surface area contributed by atoms with E-state index in [0.717, 1.165) is 25.7 Å². The first kappa shape index (κ1) is 14.8. The van der Waals surface area contributed by atoms with E-state index in [-0.39, 0.29) is 12.5 Å². The summed E-state index contributed by atoms with van der Waals surface area (Å²) in [7, 11) is 0. The molecule has 2 N–H and O–H groups in total. The van der Waals surface area contributed by atoms with Gasteiger partial charge in [-0.25, -0.2) is 4.98 Å². The molecule has 0 unspecified atom stereocenters. The van der Waals surface area contributed by atoms with E-state index in [1.807, 2.05) is 13.0 Å². The van der Waals surface area contributed by atoms with Crippen molar-refractivity contribution in [3.8, 4) is 11.5 Å². The van der Waals surface area contributed by atoms with Crippen LogP contribution in [0.5, 0.6) is 0 Å². The fraction of sp³-hybridized carbons (Fsp3) is 0.412. The average molecular weight is 300 g/mol. The molecule has 3 rings (SSSR count). The van der Waals surface area contributed by atoms with Crippen LogP contribution in [0.4, 0.5) is 0 Å². The summed E-state index contributed by atoms with van der Waals surface area (Å²) < 4.78 is 5.32. The molecule has 2 aromatic rings. The number of aromatic nitrogens is 1. The van der Waals surface area contributed by atoms with Crippen molar-refractivity contribution in [3.05, 3.63) is 41.8 Å². The molecule has 2 heterocycles. The van der Waals surface area contributed by atoms with E-state index in [1.54, 1.807) is 24.5 Å². The number of aryl methyl sites for hydroxylation is 1. The smallest absolute Gasteiger partial charge is 0.253 e. The van der Waals surface area contributed by atoms with Crippen molar-refractivity contribution in [1.82, 2.24) is 10.3 Å². The number of rotatable bonds is 4. The molecule has 5 heteroatoms. The second-order valence-electron chi connectivity index (χ2n) is 5.91. The van der Waals surface area contributed by atoms with Crippen LogP contribution in [0.25, 0.3) is 11.5 Å². The van der Waals surface area contributed by atoms with Gasteiger partial charge in [-0.05, 0) is 44.0 Å². The lowest BCUT2D eigenvalue weighted by Crippen LogP contribution is -2.49. The van der Waals surface area contributed by atoms with Crippen LogP contribution in [0, 0.1) is 6.92 Å². The van der Waals surface area contributed by atoms with Gasteiger partial charge in [0, 0.05) is 0 Å². The summed E-state index contributed by atoms with van der Waals surface area (Å²) in [6.07, 6.45) is 5.32. The molecule has 1 fully saturated rings. The maximum atomic E-state index is 12.5. The molecule has 0 radical (unpaired) electrons. The lowest BCUT2D eigenvalue weighted by molar-refractivity contribution is 0.0837. The monoisotopic (exact) mass is 300 g/mol. The molecular formula is C17H20N2O3. The zero-order valence-electron chi connectivity index (χ0n) is 12.6. The third kappa shape index (κ3) is 2.76. The standard InChI is InChI=1S/C17H20N2O3/c1-12-13(6-7-14(18-12)15-5-4-10-22-15)16(21)19-17(11-20)8-2-3-9-17/h4-7,10,20H,2-3,8-9,11H2,1H3,(H,19,21). The summed E-state index contributed by atoms with van der Waals surface area (Å²) in [6.45, 7) is 1.79. The Morgan fingerprint density at radius 1 is 1.36 bits per heavy atom. The number of nitrogens with zero attached hydrogens (tertiary/aromatic N) is 1.